The maximum absolute atomic E-state index is 11.8. The molecule has 1 rings (SSSR count). The van der Waals surface area contributed by atoms with Crippen LogP contribution in [0.4, 0.5) is 0 Å². The first-order valence-corrected chi connectivity index (χ1v) is 6.29. The van der Waals surface area contributed by atoms with Crippen LogP contribution >= 0.6 is 0 Å². The van der Waals surface area contributed by atoms with E-state index in [9.17, 15) is 4.79 Å². The van der Waals surface area contributed by atoms with Gasteiger partial charge in [0.25, 0.3) is 0 Å². The summed E-state index contributed by atoms with van der Waals surface area (Å²) in [6.07, 6.45) is 0. The Hall–Kier alpha value is -1.35. The highest BCUT2D eigenvalue weighted by molar-refractivity contribution is 5.73. The summed E-state index contributed by atoms with van der Waals surface area (Å²) in [4.78, 5) is 11.8. The molecule has 0 fully saturated rings. The Kier molecular flexibility index (Phi) is 4.91. The molecule has 3 heteroatoms. The van der Waals surface area contributed by atoms with Crippen molar-refractivity contribution in [2.45, 2.75) is 33.7 Å². The Morgan fingerprint density at radius 2 is 1.89 bits per heavy atom. The van der Waals surface area contributed by atoms with Gasteiger partial charge in [0.15, 0.2) is 0 Å². The van der Waals surface area contributed by atoms with Crippen LogP contribution in [0.2, 0.25) is 0 Å². The number of aryl methyl sites for hydroxylation is 2. The Morgan fingerprint density at radius 3 is 2.33 bits per heavy atom. The summed E-state index contributed by atoms with van der Waals surface area (Å²) < 4.78 is 4.86. The Balaban J connectivity index is 3.09. The van der Waals surface area contributed by atoms with E-state index >= 15 is 0 Å². The fourth-order valence-corrected chi connectivity index (χ4v) is 2.36. The highest BCUT2D eigenvalue weighted by Crippen LogP contribution is 2.29. The molecule has 2 atom stereocenters. The lowest BCUT2D eigenvalue weighted by atomic mass is 9.83. The molecular weight excluding hydrogens is 226 g/mol. The zero-order chi connectivity index (χ0) is 13.9. The highest BCUT2D eigenvalue weighted by atomic mass is 16.5. The molecule has 1 aromatic carbocycles. The number of carbonyl (C=O) groups excluding carboxylic acids is 1. The van der Waals surface area contributed by atoms with Gasteiger partial charge in [0.05, 0.1) is 13.0 Å². The molecule has 0 aliphatic rings. The maximum atomic E-state index is 11.8. The van der Waals surface area contributed by atoms with Crippen LogP contribution in [0.1, 0.15) is 36.6 Å². The van der Waals surface area contributed by atoms with Gasteiger partial charge in [-0.2, -0.15) is 0 Å². The fraction of sp³-hybridized carbons (Fsp3) is 0.533. The predicted molar refractivity (Wildman–Crippen MR) is 73.2 cm³/mol. The number of methoxy groups -OCH3 is 1. The molecule has 0 bridgehead atoms. The lowest BCUT2D eigenvalue weighted by molar-refractivity contribution is -0.147. The molecule has 1 aromatic rings. The van der Waals surface area contributed by atoms with Crippen LogP contribution < -0.4 is 5.73 Å². The van der Waals surface area contributed by atoms with Crippen molar-refractivity contribution >= 4 is 5.97 Å². The maximum Gasteiger partial charge on any atom is 0.310 e. The number of ether oxygens (including phenoxy) is 1. The minimum atomic E-state index is -0.321. The third kappa shape index (κ3) is 3.10. The Bertz CT molecular complexity index is 427. The van der Waals surface area contributed by atoms with Crippen molar-refractivity contribution < 1.29 is 9.53 Å². The van der Waals surface area contributed by atoms with E-state index in [1.165, 1.54) is 12.7 Å². The second-order valence-corrected chi connectivity index (χ2v) is 5.18. The van der Waals surface area contributed by atoms with E-state index < -0.39 is 0 Å². The summed E-state index contributed by atoms with van der Waals surface area (Å²) in [5, 5.41) is 0. The largest absolute Gasteiger partial charge is 0.469 e. The second kappa shape index (κ2) is 6.01. The molecule has 2 unspecified atom stereocenters. The van der Waals surface area contributed by atoms with Crippen LogP contribution in [-0.2, 0) is 9.53 Å². The monoisotopic (exact) mass is 249 g/mol. The van der Waals surface area contributed by atoms with E-state index in [4.69, 9.17) is 10.5 Å². The lowest BCUT2D eigenvalue weighted by Crippen LogP contribution is -2.33. The van der Waals surface area contributed by atoms with Crippen molar-refractivity contribution in [3.63, 3.8) is 0 Å². The van der Waals surface area contributed by atoms with Crippen molar-refractivity contribution in [2.24, 2.45) is 17.6 Å². The molecule has 0 saturated heterocycles. The average Bonchev–Trinajstić information content (AvgIpc) is 2.28. The third-order valence-electron chi connectivity index (χ3n) is 3.36. The Morgan fingerprint density at radius 1 is 1.28 bits per heavy atom. The van der Waals surface area contributed by atoms with Gasteiger partial charge >= 0.3 is 5.97 Å². The number of rotatable bonds is 4. The van der Waals surface area contributed by atoms with Gasteiger partial charge in [0, 0.05) is 6.04 Å². The molecule has 0 spiro atoms. The first kappa shape index (κ1) is 14.7. The molecule has 0 amide bonds. The molecule has 0 aromatic heterocycles. The number of esters is 1. The van der Waals surface area contributed by atoms with Crippen LogP contribution in [0.15, 0.2) is 18.2 Å². The van der Waals surface area contributed by atoms with Crippen molar-refractivity contribution in [1.29, 1.82) is 0 Å². The van der Waals surface area contributed by atoms with Gasteiger partial charge in [-0.1, -0.05) is 37.6 Å². The van der Waals surface area contributed by atoms with Crippen LogP contribution in [0.5, 0.6) is 0 Å². The zero-order valence-corrected chi connectivity index (χ0v) is 11.9. The van der Waals surface area contributed by atoms with E-state index in [0.29, 0.717) is 0 Å². The van der Waals surface area contributed by atoms with E-state index in [2.05, 4.69) is 6.07 Å². The van der Waals surface area contributed by atoms with Crippen molar-refractivity contribution in [1.82, 2.24) is 0 Å². The highest BCUT2D eigenvalue weighted by Gasteiger charge is 2.31. The van der Waals surface area contributed by atoms with Gasteiger partial charge in [0.2, 0.25) is 0 Å². The van der Waals surface area contributed by atoms with Gasteiger partial charge in [0.1, 0.15) is 0 Å². The molecule has 100 valence electrons. The molecular formula is C15H23NO2. The van der Waals surface area contributed by atoms with Crippen LogP contribution in [-0.4, -0.2) is 13.1 Å². The zero-order valence-electron chi connectivity index (χ0n) is 11.9. The lowest BCUT2D eigenvalue weighted by Gasteiger charge is -2.26. The molecule has 0 radical (unpaired) electrons. The minimum absolute atomic E-state index is 0.146. The predicted octanol–water partition coefficient (Wildman–Crippen LogP) is 2.75. The summed E-state index contributed by atoms with van der Waals surface area (Å²) in [6.45, 7) is 8.05. The van der Waals surface area contributed by atoms with E-state index in [1.54, 1.807) is 0 Å². The first-order chi connectivity index (χ1) is 8.38. The van der Waals surface area contributed by atoms with Gasteiger partial charge in [-0.3, -0.25) is 4.79 Å². The number of benzene rings is 1. The van der Waals surface area contributed by atoms with E-state index in [-0.39, 0.29) is 23.8 Å². The molecule has 3 nitrogen and oxygen atoms in total. The smallest absolute Gasteiger partial charge is 0.310 e. The normalized spacial score (nSPS) is 14.4. The fourth-order valence-electron chi connectivity index (χ4n) is 2.36. The molecule has 0 aliphatic carbocycles. The quantitative estimate of drug-likeness (QED) is 0.835. The summed E-state index contributed by atoms with van der Waals surface area (Å²) in [6, 6.07) is 5.80. The van der Waals surface area contributed by atoms with Crippen molar-refractivity contribution in [3.8, 4) is 0 Å². The summed E-state index contributed by atoms with van der Waals surface area (Å²) in [5.74, 6) is -0.401. The molecule has 0 saturated carbocycles. The van der Waals surface area contributed by atoms with Crippen LogP contribution in [0, 0.1) is 25.7 Å². The minimum Gasteiger partial charge on any atom is -0.469 e. The van der Waals surface area contributed by atoms with Gasteiger partial charge in [-0.25, -0.2) is 0 Å². The first-order valence-electron chi connectivity index (χ1n) is 6.29. The SMILES string of the molecule is COC(=O)C(C(C)C)C(N)c1ccc(C)cc1C. The third-order valence-corrected chi connectivity index (χ3v) is 3.36. The molecule has 0 heterocycles. The Labute approximate surface area is 109 Å². The summed E-state index contributed by atoms with van der Waals surface area (Å²) in [7, 11) is 1.41. The average molecular weight is 249 g/mol. The van der Waals surface area contributed by atoms with Gasteiger partial charge < -0.3 is 10.5 Å². The van der Waals surface area contributed by atoms with Crippen LogP contribution in [0.3, 0.4) is 0 Å². The summed E-state index contributed by atoms with van der Waals surface area (Å²) >= 11 is 0. The number of nitrogens with two attached hydrogens (primary N) is 1. The summed E-state index contributed by atoms with van der Waals surface area (Å²) in [5.41, 5.74) is 9.60. The van der Waals surface area contributed by atoms with Crippen molar-refractivity contribution in [3.05, 3.63) is 34.9 Å². The van der Waals surface area contributed by atoms with Crippen molar-refractivity contribution in [2.75, 3.05) is 7.11 Å². The number of hydrogen-bond donors (Lipinski definition) is 1. The number of carbonyl (C=O) groups is 1. The topological polar surface area (TPSA) is 52.3 Å². The molecule has 0 aliphatic heterocycles. The van der Waals surface area contributed by atoms with E-state index in [1.807, 2.05) is 39.8 Å². The van der Waals surface area contributed by atoms with Gasteiger partial charge in [-0.05, 0) is 30.9 Å². The van der Waals surface area contributed by atoms with Crippen LogP contribution in [0.25, 0.3) is 0 Å². The standard InChI is InChI=1S/C15H23NO2/c1-9(2)13(15(17)18-5)14(16)12-7-6-10(3)8-11(12)4/h6-9,13-14H,16H2,1-5H3. The van der Waals surface area contributed by atoms with E-state index in [0.717, 1.165) is 11.1 Å². The molecule has 2 N–H and O–H groups in total. The second-order valence-electron chi connectivity index (χ2n) is 5.18. The van der Waals surface area contributed by atoms with Gasteiger partial charge in [-0.15, -0.1) is 0 Å². The number of hydrogen-bond acceptors (Lipinski definition) is 3. The molecule has 18 heavy (non-hydrogen) atoms.